The van der Waals surface area contributed by atoms with Crippen molar-refractivity contribution in [1.29, 1.82) is 0 Å². The Morgan fingerprint density at radius 1 is 1.55 bits per heavy atom. The van der Waals surface area contributed by atoms with E-state index < -0.39 is 0 Å². The number of hydrogen-bond acceptors (Lipinski definition) is 7. The second kappa shape index (κ2) is 7.26. The molecule has 118 valence electrons. The van der Waals surface area contributed by atoms with Crippen LogP contribution in [-0.4, -0.2) is 28.5 Å². The first-order valence-corrected chi connectivity index (χ1v) is 9.11. The number of hydrogen-bond donors (Lipinski definition) is 2. The lowest BCUT2D eigenvalue weighted by atomic mass is 10.2. The van der Waals surface area contributed by atoms with Crippen LogP contribution in [0.2, 0.25) is 0 Å². The van der Waals surface area contributed by atoms with E-state index in [0.717, 1.165) is 41.7 Å². The Morgan fingerprint density at radius 2 is 2.45 bits per heavy atom. The molecule has 1 unspecified atom stereocenters. The van der Waals surface area contributed by atoms with Crippen molar-refractivity contribution in [1.82, 2.24) is 15.3 Å². The fourth-order valence-electron chi connectivity index (χ4n) is 2.20. The fraction of sp³-hybridized carbons (Fsp3) is 0.500. The van der Waals surface area contributed by atoms with E-state index in [1.807, 2.05) is 6.92 Å². The highest BCUT2D eigenvalue weighted by molar-refractivity contribution is 8.00. The first-order chi connectivity index (χ1) is 10.7. The smallest absolute Gasteiger partial charge is 0.243 e. The van der Waals surface area contributed by atoms with Gasteiger partial charge in [0.1, 0.15) is 5.76 Å². The van der Waals surface area contributed by atoms with Crippen molar-refractivity contribution in [2.45, 2.75) is 42.2 Å². The Hall–Kier alpha value is -1.38. The topological polar surface area (TPSA) is 80.0 Å². The molecular formula is C14H18N4O2S2. The van der Waals surface area contributed by atoms with E-state index in [1.54, 1.807) is 24.2 Å². The summed E-state index contributed by atoms with van der Waals surface area (Å²) >= 11 is 3.08. The monoisotopic (exact) mass is 338 g/mol. The van der Waals surface area contributed by atoms with Crippen LogP contribution < -0.4 is 10.6 Å². The number of aryl methyl sites for hydroxylation is 1. The molecule has 2 aromatic heterocycles. The van der Waals surface area contributed by atoms with Gasteiger partial charge < -0.3 is 15.1 Å². The van der Waals surface area contributed by atoms with Gasteiger partial charge in [-0.15, -0.1) is 11.8 Å². The number of carbonyl (C=O) groups excluding carboxylic acids is 1. The number of thioether (sulfide) groups is 1. The zero-order valence-electron chi connectivity index (χ0n) is 12.3. The molecule has 1 atom stereocenters. The van der Waals surface area contributed by atoms with Gasteiger partial charge in [-0.05, 0) is 19.4 Å². The lowest BCUT2D eigenvalue weighted by Gasteiger charge is -2.08. The van der Waals surface area contributed by atoms with Crippen molar-refractivity contribution in [3.8, 4) is 0 Å². The maximum atomic E-state index is 12.0. The molecule has 3 heterocycles. The van der Waals surface area contributed by atoms with Gasteiger partial charge >= 0.3 is 0 Å². The Kier molecular flexibility index (Phi) is 5.12. The van der Waals surface area contributed by atoms with Crippen LogP contribution in [0.15, 0.2) is 21.0 Å². The van der Waals surface area contributed by atoms with E-state index in [2.05, 4.69) is 20.6 Å². The van der Waals surface area contributed by atoms with Crippen LogP contribution in [0.1, 0.15) is 31.4 Å². The number of rotatable bonds is 6. The summed E-state index contributed by atoms with van der Waals surface area (Å²) in [6.07, 6.45) is 6.33. The van der Waals surface area contributed by atoms with Crippen molar-refractivity contribution in [2.75, 3.05) is 11.9 Å². The summed E-state index contributed by atoms with van der Waals surface area (Å²) in [5.74, 6) is 2.29. The Morgan fingerprint density at radius 3 is 3.18 bits per heavy atom. The van der Waals surface area contributed by atoms with E-state index in [4.69, 9.17) is 4.42 Å². The highest BCUT2D eigenvalue weighted by Gasteiger charge is 2.22. The van der Waals surface area contributed by atoms with Crippen LogP contribution in [0.25, 0.3) is 0 Å². The minimum atomic E-state index is -0.0835. The molecule has 3 rings (SSSR count). The molecule has 0 saturated carbocycles. The number of carbonyl (C=O) groups is 1. The number of nitrogens with one attached hydrogen (secondary N) is 2. The molecule has 8 heteroatoms. The summed E-state index contributed by atoms with van der Waals surface area (Å²) in [5.41, 5.74) is 0. The van der Waals surface area contributed by atoms with E-state index >= 15 is 0 Å². The minimum Gasteiger partial charge on any atom is -0.445 e. The number of nitrogens with zero attached hydrogens (tertiary/aromatic N) is 2. The molecule has 2 N–H and O–H groups in total. The number of amides is 1. The molecule has 1 amide bonds. The predicted octanol–water partition coefficient (Wildman–Crippen LogP) is 2.68. The van der Waals surface area contributed by atoms with Gasteiger partial charge in [0.05, 0.1) is 28.4 Å². The maximum absolute atomic E-state index is 12.0. The van der Waals surface area contributed by atoms with Crippen LogP contribution in [0.4, 0.5) is 5.13 Å². The third-order valence-corrected chi connectivity index (χ3v) is 5.47. The molecule has 1 aliphatic heterocycles. The predicted molar refractivity (Wildman–Crippen MR) is 87.2 cm³/mol. The Labute approximate surface area is 137 Å². The quantitative estimate of drug-likeness (QED) is 0.788. The molecule has 0 aromatic carbocycles. The van der Waals surface area contributed by atoms with Crippen molar-refractivity contribution < 1.29 is 9.21 Å². The highest BCUT2D eigenvalue weighted by atomic mass is 32.2. The molecule has 2 aromatic rings. The van der Waals surface area contributed by atoms with Gasteiger partial charge in [-0.25, -0.2) is 9.97 Å². The average molecular weight is 338 g/mol. The SMILES string of the molecule is CCc1cnc(CSc2cnc(NC(=O)C3CCCN3)s2)o1. The molecule has 0 aliphatic carbocycles. The molecule has 0 bridgehead atoms. The summed E-state index contributed by atoms with van der Waals surface area (Å²) in [7, 11) is 0. The Bertz CT molecular complexity index is 634. The van der Waals surface area contributed by atoms with Gasteiger partial charge in [-0.1, -0.05) is 18.3 Å². The summed E-state index contributed by atoms with van der Waals surface area (Å²) in [6, 6.07) is -0.0835. The second-order valence-corrected chi connectivity index (χ2v) is 7.29. The van der Waals surface area contributed by atoms with Crippen LogP contribution >= 0.6 is 23.1 Å². The van der Waals surface area contributed by atoms with E-state index in [0.29, 0.717) is 10.9 Å². The lowest BCUT2D eigenvalue weighted by molar-refractivity contribution is -0.117. The van der Waals surface area contributed by atoms with Gasteiger partial charge in [0.25, 0.3) is 0 Å². The van der Waals surface area contributed by atoms with Crippen molar-refractivity contribution in [2.24, 2.45) is 0 Å². The van der Waals surface area contributed by atoms with Crippen LogP contribution in [0.3, 0.4) is 0 Å². The molecular weight excluding hydrogens is 320 g/mol. The molecule has 0 radical (unpaired) electrons. The number of oxazole rings is 1. The van der Waals surface area contributed by atoms with Crippen LogP contribution in [0.5, 0.6) is 0 Å². The van der Waals surface area contributed by atoms with Crippen molar-refractivity contribution in [3.63, 3.8) is 0 Å². The van der Waals surface area contributed by atoms with Crippen LogP contribution in [0, 0.1) is 0 Å². The van der Waals surface area contributed by atoms with E-state index in [9.17, 15) is 4.79 Å². The fourth-order valence-corrected chi connectivity index (χ4v) is 3.92. The maximum Gasteiger partial charge on any atom is 0.243 e. The minimum absolute atomic E-state index is 0.00342. The lowest BCUT2D eigenvalue weighted by Crippen LogP contribution is -2.35. The summed E-state index contributed by atoms with van der Waals surface area (Å²) in [6.45, 7) is 2.95. The Balaban J connectivity index is 1.51. The largest absolute Gasteiger partial charge is 0.445 e. The standard InChI is InChI=1S/C14H18N4O2S2/c1-2-9-6-16-11(20-9)8-21-12-7-17-14(22-12)18-13(19)10-4-3-5-15-10/h6-7,10,15H,2-5,8H2,1H3,(H,17,18,19). The number of thiazole rings is 1. The zero-order valence-corrected chi connectivity index (χ0v) is 13.9. The second-order valence-electron chi connectivity index (χ2n) is 4.99. The van der Waals surface area contributed by atoms with Gasteiger partial charge in [0.15, 0.2) is 5.13 Å². The summed E-state index contributed by atoms with van der Waals surface area (Å²) < 4.78 is 6.60. The van der Waals surface area contributed by atoms with Crippen molar-refractivity contribution in [3.05, 3.63) is 24.0 Å². The van der Waals surface area contributed by atoms with Crippen molar-refractivity contribution >= 4 is 34.1 Å². The van der Waals surface area contributed by atoms with Gasteiger partial charge in [-0.3, -0.25) is 4.79 Å². The number of anilines is 1. The van der Waals surface area contributed by atoms with Gasteiger partial charge in [0.2, 0.25) is 11.8 Å². The third-order valence-electron chi connectivity index (χ3n) is 3.38. The normalized spacial score (nSPS) is 17.8. The zero-order chi connectivity index (χ0) is 15.4. The first kappa shape index (κ1) is 15.5. The molecule has 1 saturated heterocycles. The summed E-state index contributed by atoms with van der Waals surface area (Å²) in [5, 5.41) is 6.69. The van der Waals surface area contributed by atoms with E-state index in [1.165, 1.54) is 11.3 Å². The molecule has 22 heavy (non-hydrogen) atoms. The summed E-state index contributed by atoms with van der Waals surface area (Å²) in [4.78, 5) is 20.5. The highest BCUT2D eigenvalue weighted by Crippen LogP contribution is 2.30. The molecule has 0 spiro atoms. The first-order valence-electron chi connectivity index (χ1n) is 7.31. The molecule has 1 fully saturated rings. The third kappa shape index (κ3) is 3.88. The molecule has 1 aliphatic rings. The van der Waals surface area contributed by atoms with Gasteiger partial charge in [0, 0.05) is 6.42 Å². The average Bonchev–Trinajstić information content (AvgIpc) is 3.26. The number of aromatic nitrogens is 2. The van der Waals surface area contributed by atoms with Gasteiger partial charge in [-0.2, -0.15) is 0 Å². The van der Waals surface area contributed by atoms with E-state index in [-0.39, 0.29) is 11.9 Å². The van der Waals surface area contributed by atoms with Crippen LogP contribution in [-0.2, 0) is 17.0 Å². The molecule has 6 nitrogen and oxygen atoms in total.